The molecule has 2 heterocycles. The number of benzene rings is 2. The van der Waals surface area contributed by atoms with Gasteiger partial charge in [0.05, 0.1) is 31.1 Å². The van der Waals surface area contributed by atoms with Crippen molar-refractivity contribution in [3.63, 3.8) is 0 Å². The predicted molar refractivity (Wildman–Crippen MR) is 127 cm³/mol. The van der Waals surface area contributed by atoms with Crippen LogP contribution in [0.3, 0.4) is 0 Å². The molecule has 2 aliphatic rings. The van der Waals surface area contributed by atoms with Gasteiger partial charge in [-0.25, -0.2) is 4.39 Å². The SMILES string of the molecule is N=C(N)c1ccccc1NC(=O)[C@H](O)[C@H]1OCCN(c2ccc(F)c(C(=O)N3CCOCC3)c2)C1=O. The highest BCUT2D eigenvalue weighted by Gasteiger charge is 2.40. The van der Waals surface area contributed by atoms with Crippen LogP contribution in [0.15, 0.2) is 42.5 Å². The summed E-state index contributed by atoms with van der Waals surface area (Å²) < 4.78 is 25.2. The monoisotopic (exact) mass is 499 g/mol. The molecule has 2 aromatic carbocycles. The van der Waals surface area contributed by atoms with Gasteiger partial charge < -0.3 is 35.4 Å². The second-order valence-corrected chi connectivity index (χ2v) is 8.24. The minimum Gasteiger partial charge on any atom is -0.384 e. The van der Waals surface area contributed by atoms with Crippen LogP contribution in [0, 0.1) is 11.2 Å². The molecule has 4 rings (SSSR count). The molecule has 0 unspecified atom stereocenters. The van der Waals surface area contributed by atoms with Gasteiger partial charge in [0.2, 0.25) is 0 Å². The second-order valence-electron chi connectivity index (χ2n) is 8.24. The average Bonchev–Trinajstić information content (AvgIpc) is 2.89. The zero-order valence-electron chi connectivity index (χ0n) is 19.3. The number of nitrogen functional groups attached to an aromatic ring is 1. The van der Waals surface area contributed by atoms with Crippen molar-refractivity contribution < 1.29 is 33.4 Å². The lowest BCUT2D eigenvalue weighted by Gasteiger charge is -2.34. The molecule has 0 radical (unpaired) electrons. The van der Waals surface area contributed by atoms with Crippen LogP contribution in [0.5, 0.6) is 0 Å². The molecular weight excluding hydrogens is 473 g/mol. The highest BCUT2D eigenvalue weighted by Crippen LogP contribution is 2.25. The Morgan fingerprint density at radius 2 is 1.83 bits per heavy atom. The van der Waals surface area contributed by atoms with Gasteiger partial charge >= 0.3 is 0 Å². The Morgan fingerprint density at radius 3 is 2.56 bits per heavy atom. The topological polar surface area (TPSA) is 158 Å². The van der Waals surface area contributed by atoms with E-state index in [1.54, 1.807) is 12.1 Å². The average molecular weight is 499 g/mol. The van der Waals surface area contributed by atoms with E-state index in [2.05, 4.69) is 5.32 Å². The Kier molecular flexibility index (Phi) is 7.58. The number of amides is 3. The Hall–Kier alpha value is -3.87. The number of amidine groups is 1. The summed E-state index contributed by atoms with van der Waals surface area (Å²) in [7, 11) is 0. The van der Waals surface area contributed by atoms with Crippen molar-refractivity contribution >= 4 is 34.9 Å². The normalized spacial score (nSPS) is 19.1. The van der Waals surface area contributed by atoms with Gasteiger partial charge in [-0.05, 0) is 30.3 Å². The lowest BCUT2D eigenvalue weighted by Crippen LogP contribution is -2.55. The van der Waals surface area contributed by atoms with Crippen molar-refractivity contribution in [2.75, 3.05) is 49.7 Å². The first-order chi connectivity index (χ1) is 17.3. The van der Waals surface area contributed by atoms with Crippen molar-refractivity contribution in [2.24, 2.45) is 5.73 Å². The van der Waals surface area contributed by atoms with Crippen LogP contribution in [-0.2, 0) is 19.1 Å². The van der Waals surface area contributed by atoms with Gasteiger partial charge in [-0.2, -0.15) is 0 Å². The first-order valence-electron chi connectivity index (χ1n) is 11.3. The van der Waals surface area contributed by atoms with E-state index in [1.807, 2.05) is 0 Å². The highest BCUT2D eigenvalue weighted by atomic mass is 19.1. The second kappa shape index (κ2) is 10.8. The number of para-hydroxylation sites is 1. The highest BCUT2D eigenvalue weighted by molar-refractivity contribution is 6.07. The summed E-state index contributed by atoms with van der Waals surface area (Å²) >= 11 is 0. The van der Waals surface area contributed by atoms with Gasteiger partial charge in [-0.1, -0.05) is 12.1 Å². The standard InChI is InChI=1S/C24H26FN5O6/c25-17-6-5-14(13-16(17)23(33)29-7-10-35-11-8-29)30-9-12-36-20(24(30)34)19(31)22(32)28-18-4-2-1-3-15(18)21(26)27/h1-6,13,19-20,31H,7-12H2,(H3,26,27)(H,28,32)/t19-,20-/m1/s1. The number of hydrogen-bond donors (Lipinski definition) is 4. The van der Waals surface area contributed by atoms with Crippen LogP contribution in [0.2, 0.25) is 0 Å². The number of carbonyl (C=O) groups is 3. The maximum Gasteiger partial charge on any atom is 0.259 e. The predicted octanol–water partition coefficient (Wildman–Crippen LogP) is 0.314. The largest absolute Gasteiger partial charge is 0.384 e. The van der Waals surface area contributed by atoms with Gasteiger partial charge in [-0.3, -0.25) is 19.8 Å². The fourth-order valence-corrected chi connectivity index (χ4v) is 4.04. The molecule has 5 N–H and O–H groups in total. The molecule has 12 heteroatoms. The number of halogens is 1. The van der Waals surface area contributed by atoms with E-state index in [9.17, 15) is 23.9 Å². The molecule has 0 aromatic heterocycles. The van der Waals surface area contributed by atoms with Gasteiger partial charge in [-0.15, -0.1) is 0 Å². The summed E-state index contributed by atoms with van der Waals surface area (Å²) in [6.45, 7) is 1.44. The Labute approximate surface area is 206 Å². The van der Waals surface area contributed by atoms with Crippen LogP contribution < -0.4 is 16.0 Å². The fourth-order valence-electron chi connectivity index (χ4n) is 4.04. The number of rotatable bonds is 6. The van der Waals surface area contributed by atoms with Crippen molar-refractivity contribution in [3.05, 3.63) is 59.4 Å². The zero-order valence-corrected chi connectivity index (χ0v) is 19.3. The van der Waals surface area contributed by atoms with Crippen LogP contribution >= 0.6 is 0 Å². The third kappa shape index (κ3) is 5.20. The van der Waals surface area contributed by atoms with Gasteiger partial charge in [0.25, 0.3) is 17.7 Å². The van der Waals surface area contributed by atoms with E-state index in [4.69, 9.17) is 20.6 Å². The van der Waals surface area contributed by atoms with E-state index in [1.165, 1.54) is 34.1 Å². The number of ether oxygens (including phenoxy) is 2. The molecule has 0 spiro atoms. The molecule has 2 aliphatic heterocycles. The van der Waals surface area contributed by atoms with Crippen LogP contribution in [0.1, 0.15) is 15.9 Å². The molecule has 0 bridgehead atoms. The Balaban J connectivity index is 1.51. The first kappa shape index (κ1) is 25.2. The Bertz CT molecular complexity index is 1190. The van der Waals surface area contributed by atoms with Crippen molar-refractivity contribution in [1.29, 1.82) is 5.41 Å². The number of aliphatic hydroxyl groups excluding tert-OH is 1. The molecule has 190 valence electrons. The van der Waals surface area contributed by atoms with E-state index in [0.717, 1.165) is 6.07 Å². The third-order valence-corrected chi connectivity index (χ3v) is 5.94. The van der Waals surface area contributed by atoms with E-state index < -0.39 is 35.7 Å². The Morgan fingerprint density at radius 1 is 1.11 bits per heavy atom. The van der Waals surface area contributed by atoms with E-state index in [-0.39, 0.29) is 41.5 Å². The van der Waals surface area contributed by atoms with Crippen LogP contribution in [0.25, 0.3) is 0 Å². The van der Waals surface area contributed by atoms with Crippen LogP contribution in [0.4, 0.5) is 15.8 Å². The summed E-state index contributed by atoms with van der Waals surface area (Å²) in [6, 6.07) is 10.0. The molecule has 3 amide bonds. The number of nitrogens with zero attached hydrogens (tertiary/aromatic N) is 2. The summed E-state index contributed by atoms with van der Waals surface area (Å²) in [5, 5.41) is 20.7. The first-order valence-corrected chi connectivity index (χ1v) is 11.3. The van der Waals surface area contributed by atoms with E-state index in [0.29, 0.717) is 26.3 Å². The number of hydrogen-bond acceptors (Lipinski definition) is 7. The minimum atomic E-state index is -1.88. The molecule has 0 saturated carbocycles. The van der Waals surface area contributed by atoms with Crippen molar-refractivity contribution in [3.8, 4) is 0 Å². The molecule has 2 atom stereocenters. The van der Waals surface area contributed by atoms with Gasteiger partial charge in [0.15, 0.2) is 12.2 Å². The molecular formula is C24H26FN5O6. The fraction of sp³-hybridized carbons (Fsp3) is 0.333. The van der Waals surface area contributed by atoms with Crippen molar-refractivity contribution in [1.82, 2.24) is 4.90 Å². The zero-order chi connectivity index (χ0) is 25.8. The van der Waals surface area contributed by atoms with Gasteiger partial charge in [0, 0.05) is 30.9 Å². The number of carbonyl (C=O) groups excluding carboxylic acids is 3. The maximum atomic E-state index is 14.5. The van der Waals surface area contributed by atoms with Crippen molar-refractivity contribution in [2.45, 2.75) is 12.2 Å². The smallest absolute Gasteiger partial charge is 0.259 e. The quantitative estimate of drug-likeness (QED) is 0.329. The molecule has 2 fully saturated rings. The molecule has 2 saturated heterocycles. The van der Waals surface area contributed by atoms with Gasteiger partial charge in [0.1, 0.15) is 11.7 Å². The number of aliphatic hydroxyl groups is 1. The number of morpholine rings is 2. The maximum absolute atomic E-state index is 14.5. The summed E-state index contributed by atoms with van der Waals surface area (Å²) in [5.74, 6) is -3.17. The molecule has 11 nitrogen and oxygen atoms in total. The van der Waals surface area contributed by atoms with Crippen LogP contribution in [-0.4, -0.2) is 85.2 Å². The minimum absolute atomic E-state index is 0.00506. The number of anilines is 2. The van der Waals surface area contributed by atoms with E-state index >= 15 is 0 Å². The number of nitrogens with two attached hydrogens (primary N) is 1. The summed E-state index contributed by atoms with van der Waals surface area (Å²) in [4.78, 5) is 41.4. The molecule has 36 heavy (non-hydrogen) atoms. The summed E-state index contributed by atoms with van der Waals surface area (Å²) in [6.07, 6.45) is -3.41. The summed E-state index contributed by atoms with van der Waals surface area (Å²) in [5.41, 5.74) is 6.02. The lowest BCUT2D eigenvalue weighted by molar-refractivity contribution is -0.150. The molecule has 2 aromatic rings. The number of nitrogens with one attached hydrogen (secondary N) is 2. The molecule has 0 aliphatic carbocycles. The third-order valence-electron chi connectivity index (χ3n) is 5.94. The lowest BCUT2D eigenvalue weighted by atomic mass is 10.1.